The van der Waals surface area contributed by atoms with E-state index in [0.717, 1.165) is 36.8 Å². The van der Waals surface area contributed by atoms with Gasteiger partial charge in [-0.2, -0.15) is 5.26 Å². The highest BCUT2D eigenvalue weighted by Gasteiger charge is 2.21. The van der Waals surface area contributed by atoms with Crippen LogP contribution in [0.2, 0.25) is 5.02 Å². The predicted molar refractivity (Wildman–Crippen MR) is 94.8 cm³/mol. The zero-order chi connectivity index (χ0) is 16.2. The molecule has 0 spiro atoms. The van der Waals surface area contributed by atoms with Crippen molar-refractivity contribution in [2.45, 2.75) is 25.7 Å². The molecule has 1 aromatic heterocycles. The lowest BCUT2D eigenvalue weighted by atomic mass is 9.96. The molecule has 0 aliphatic heterocycles. The number of hydrogen-bond donors (Lipinski definition) is 1. The van der Waals surface area contributed by atoms with Crippen molar-refractivity contribution in [2.75, 3.05) is 5.32 Å². The first-order valence-electron chi connectivity index (χ1n) is 7.47. The topological polar surface area (TPSA) is 52.9 Å². The van der Waals surface area contributed by atoms with Crippen molar-refractivity contribution in [3.05, 3.63) is 56.9 Å². The van der Waals surface area contributed by atoms with Gasteiger partial charge in [0.15, 0.2) is 0 Å². The summed E-state index contributed by atoms with van der Waals surface area (Å²) in [7, 11) is 0. The molecule has 0 unspecified atom stereocenters. The van der Waals surface area contributed by atoms with Crippen molar-refractivity contribution in [1.29, 1.82) is 5.26 Å². The van der Waals surface area contributed by atoms with E-state index in [1.54, 1.807) is 12.1 Å². The highest BCUT2D eigenvalue weighted by Crippen LogP contribution is 2.37. The first kappa shape index (κ1) is 15.8. The molecule has 0 bridgehead atoms. The summed E-state index contributed by atoms with van der Waals surface area (Å²) in [5.41, 5.74) is 2.54. The maximum Gasteiger partial charge on any atom is 0.249 e. The van der Waals surface area contributed by atoms with Gasteiger partial charge in [0.25, 0.3) is 0 Å². The maximum absolute atomic E-state index is 12.1. The molecular weight excluding hydrogens is 328 g/mol. The SMILES string of the molecule is N#Cc1c(NC(=O)/C=C/c2ccccc2Cl)sc2c1CCCC2. The summed E-state index contributed by atoms with van der Waals surface area (Å²) in [4.78, 5) is 13.4. The van der Waals surface area contributed by atoms with Crippen LogP contribution in [-0.4, -0.2) is 5.91 Å². The summed E-state index contributed by atoms with van der Waals surface area (Å²) >= 11 is 7.59. The van der Waals surface area contributed by atoms with Gasteiger partial charge in [-0.05, 0) is 49.0 Å². The van der Waals surface area contributed by atoms with Gasteiger partial charge < -0.3 is 5.32 Å². The van der Waals surface area contributed by atoms with E-state index in [0.29, 0.717) is 15.6 Å². The minimum atomic E-state index is -0.250. The molecule has 2 aromatic rings. The smallest absolute Gasteiger partial charge is 0.249 e. The summed E-state index contributed by atoms with van der Waals surface area (Å²) in [6.07, 6.45) is 7.31. The largest absolute Gasteiger partial charge is 0.313 e. The average molecular weight is 343 g/mol. The van der Waals surface area contributed by atoms with Crippen LogP contribution in [0.1, 0.15) is 34.4 Å². The number of hydrogen-bond acceptors (Lipinski definition) is 3. The van der Waals surface area contributed by atoms with E-state index >= 15 is 0 Å². The van der Waals surface area contributed by atoms with Gasteiger partial charge in [0.1, 0.15) is 11.1 Å². The van der Waals surface area contributed by atoms with Crippen molar-refractivity contribution in [3.63, 3.8) is 0 Å². The maximum atomic E-state index is 12.1. The molecule has 3 rings (SSSR count). The van der Waals surface area contributed by atoms with Crippen LogP contribution in [0.15, 0.2) is 30.3 Å². The van der Waals surface area contributed by atoms with E-state index < -0.39 is 0 Å². The lowest BCUT2D eigenvalue weighted by Gasteiger charge is -2.09. The third kappa shape index (κ3) is 3.47. The molecule has 5 heteroatoms. The molecule has 0 fully saturated rings. The number of thiophene rings is 1. The summed E-state index contributed by atoms with van der Waals surface area (Å²) < 4.78 is 0. The van der Waals surface area contributed by atoms with Gasteiger partial charge in [-0.1, -0.05) is 29.8 Å². The molecule has 0 radical (unpaired) electrons. The number of fused-ring (bicyclic) bond motifs is 1. The lowest BCUT2D eigenvalue weighted by molar-refractivity contribution is -0.111. The lowest BCUT2D eigenvalue weighted by Crippen LogP contribution is -2.07. The van der Waals surface area contributed by atoms with Crippen molar-refractivity contribution < 1.29 is 4.79 Å². The molecule has 1 heterocycles. The Morgan fingerprint density at radius 3 is 2.87 bits per heavy atom. The average Bonchev–Trinajstić information content (AvgIpc) is 2.91. The number of carbonyl (C=O) groups is 1. The van der Waals surface area contributed by atoms with Crippen LogP contribution in [0, 0.1) is 11.3 Å². The molecule has 0 saturated carbocycles. The quantitative estimate of drug-likeness (QED) is 0.814. The monoisotopic (exact) mass is 342 g/mol. The van der Waals surface area contributed by atoms with Gasteiger partial charge in [0.05, 0.1) is 5.56 Å². The van der Waals surface area contributed by atoms with Gasteiger partial charge in [0, 0.05) is 16.0 Å². The second kappa shape index (κ2) is 6.99. The van der Waals surface area contributed by atoms with Gasteiger partial charge in [-0.3, -0.25) is 4.79 Å². The second-order valence-electron chi connectivity index (χ2n) is 5.37. The number of nitriles is 1. The first-order chi connectivity index (χ1) is 11.2. The van der Waals surface area contributed by atoms with Crippen molar-refractivity contribution >= 4 is 39.9 Å². The van der Waals surface area contributed by atoms with Crippen LogP contribution < -0.4 is 5.32 Å². The number of rotatable bonds is 3. The van der Waals surface area contributed by atoms with Crippen LogP contribution in [0.5, 0.6) is 0 Å². The Morgan fingerprint density at radius 1 is 1.30 bits per heavy atom. The van der Waals surface area contributed by atoms with E-state index in [2.05, 4.69) is 11.4 Å². The Hall–Kier alpha value is -2.09. The Bertz CT molecular complexity index is 817. The minimum absolute atomic E-state index is 0.250. The molecule has 23 heavy (non-hydrogen) atoms. The molecule has 0 saturated heterocycles. The molecule has 1 N–H and O–H groups in total. The van der Waals surface area contributed by atoms with E-state index in [4.69, 9.17) is 11.6 Å². The molecule has 116 valence electrons. The summed E-state index contributed by atoms with van der Waals surface area (Å²) in [6.45, 7) is 0. The third-order valence-electron chi connectivity index (χ3n) is 3.84. The van der Waals surface area contributed by atoms with Crippen LogP contribution in [0.25, 0.3) is 6.08 Å². The minimum Gasteiger partial charge on any atom is -0.313 e. The Kier molecular flexibility index (Phi) is 4.80. The van der Waals surface area contributed by atoms with Crippen LogP contribution in [-0.2, 0) is 17.6 Å². The van der Waals surface area contributed by atoms with E-state index in [1.165, 1.54) is 22.3 Å². The van der Waals surface area contributed by atoms with E-state index in [9.17, 15) is 10.1 Å². The van der Waals surface area contributed by atoms with Crippen LogP contribution in [0.4, 0.5) is 5.00 Å². The van der Waals surface area contributed by atoms with E-state index in [1.807, 2.05) is 18.2 Å². The summed E-state index contributed by atoms with van der Waals surface area (Å²) in [5.74, 6) is -0.250. The summed E-state index contributed by atoms with van der Waals surface area (Å²) in [5, 5.41) is 13.5. The van der Waals surface area contributed by atoms with Gasteiger partial charge >= 0.3 is 0 Å². The number of aryl methyl sites for hydroxylation is 1. The van der Waals surface area contributed by atoms with Crippen molar-refractivity contribution in [1.82, 2.24) is 0 Å². The molecule has 1 aromatic carbocycles. The molecule has 3 nitrogen and oxygen atoms in total. The molecule has 1 aliphatic carbocycles. The molecular formula is C18H15ClN2OS. The van der Waals surface area contributed by atoms with E-state index in [-0.39, 0.29) is 5.91 Å². The highest BCUT2D eigenvalue weighted by atomic mass is 35.5. The van der Waals surface area contributed by atoms with Crippen LogP contribution in [0.3, 0.4) is 0 Å². The first-order valence-corrected chi connectivity index (χ1v) is 8.66. The molecule has 1 aliphatic rings. The van der Waals surface area contributed by atoms with Crippen molar-refractivity contribution in [2.24, 2.45) is 0 Å². The number of carbonyl (C=O) groups excluding carboxylic acids is 1. The summed E-state index contributed by atoms with van der Waals surface area (Å²) in [6, 6.07) is 9.57. The number of benzene rings is 1. The zero-order valence-corrected chi connectivity index (χ0v) is 14.0. The third-order valence-corrected chi connectivity index (χ3v) is 5.39. The van der Waals surface area contributed by atoms with Gasteiger partial charge in [-0.15, -0.1) is 11.3 Å². The number of anilines is 1. The van der Waals surface area contributed by atoms with Crippen molar-refractivity contribution in [3.8, 4) is 6.07 Å². The number of amides is 1. The second-order valence-corrected chi connectivity index (χ2v) is 6.88. The Labute approximate surface area is 144 Å². The standard InChI is InChI=1S/C18H15ClN2OS/c19-15-7-3-1-5-12(15)9-10-17(22)21-18-14(11-20)13-6-2-4-8-16(13)23-18/h1,3,5,7,9-10H,2,4,6,8H2,(H,21,22)/b10-9+. The molecule has 0 atom stereocenters. The number of nitrogens with zero attached hydrogens (tertiary/aromatic N) is 1. The number of nitrogens with one attached hydrogen (secondary N) is 1. The van der Waals surface area contributed by atoms with Gasteiger partial charge in [0.2, 0.25) is 5.91 Å². The predicted octanol–water partition coefficient (Wildman–Crippen LogP) is 4.80. The molecule has 1 amide bonds. The highest BCUT2D eigenvalue weighted by molar-refractivity contribution is 7.16. The number of halogens is 1. The van der Waals surface area contributed by atoms with Gasteiger partial charge in [-0.25, -0.2) is 0 Å². The zero-order valence-electron chi connectivity index (χ0n) is 12.4. The normalized spacial score (nSPS) is 13.6. The Morgan fingerprint density at radius 2 is 2.09 bits per heavy atom. The fourth-order valence-corrected chi connectivity index (χ4v) is 4.14. The fourth-order valence-electron chi connectivity index (χ4n) is 2.70. The van der Waals surface area contributed by atoms with Crippen LogP contribution >= 0.6 is 22.9 Å². The Balaban J connectivity index is 1.77. The fraction of sp³-hybridized carbons (Fsp3) is 0.222.